The molecule has 1 atom stereocenters. The molecule has 0 aliphatic heterocycles. The molecular weight excluding hydrogens is 190 g/mol. The molecule has 0 amide bonds. The van der Waals surface area contributed by atoms with E-state index in [1.807, 2.05) is 36.6 Å². The molecule has 1 N–H and O–H groups in total. The van der Waals surface area contributed by atoms with Crippen LogP contribution in [0.2, 0.25) is 0 Å². The summed E-state index contributed by atoms with van der Waals surface area (Å²) in [6, 6.07) is 5.88. The highest BCUT2D eigenvalue weighted by molar-refractivity contribution is 5.38. The molecule has 15 heavy (non-hydrogen) atoms. The van der Waals surface area contributed by atoms with E-state index < -0.39 is 0 Å². The van der Waals surface area contributed by atoms with Crippen molar-refractivity contribution in [1.29, 1.82) is 0 Å². The molecule has 2 heterocycles. The topological polar surface area (TPSA) is 50.4 Å². The molecule has 2 aromatic heterocycles. The van der Waals surface area contributed by atoms with Crippen LogP contribution in [0, 0.1) is 6.92 Å². The fourth-order valence-corrected chi connectivity index (χ4v) is 1.62. The summed E-state index contributed by atoms with van der Waals surface area (Å²) in [5, 5.41) is 13.6. The van der Waals surface area contributed by atoms with Crippen LogP contribution in [0.4, 0.5) is 0 Å². The lowest BCUT2D eigenvalue weighted by Crippen LogP contribution is -2.05. The van der Waals surface area contributed by atoms with Gasteiger partial charge in [-0.1, -0.05) is 13.0 Å². The fourth-order valence-electron chi connectivity index (χ4n) is 1.62. The van der Waals surface area contributed by atoms with Gasteiger partial charge in [0.05, 0.1) is 6.61 Å². The van der Waals surface area contributed by atoms with E-state index >= 15 is 0 Å². The van der Waals surface area contributed by atoms with Crippen molar-refractivity contribution in [1.82, 2.24) is 14.6 Å². The van der Waals surface area contributed by atoms with Gasteiger partial charge in [-0.25, -0.2) is 9.50 Å². The van der Waals surface area contributed by atoms with Crippen molar-refractivity contribution in [2.45, 2.75) is 26.2 Å². The van der Waals surface area contributed by atoms with Gasteiger partial charge in [-0.05, 0) is 25.5 Å². The summed E-state index contributed by atoms with van der Waals surface area (Å²) in [4.78, 5) is 4.41. The number of aromatic nitrogens is 3. The Morgan fingerprint density at radius 1 is 1.47 bits per heavy atom. The molecule has 0 spiro atoms. The zero-order chi connectivity index (χ0) is 10.8. The monoisotopic (exact) mass is 205 g/mol. The highest BCUT2D eigenvalue weighted by atomic mass is 16.3. The van der Waals surface area contributed by atoms with E-state index in [9.17, 15) is 5.11 Å². The predicted molar refractivity (Wildman–Crippen MR) is 57.8 cm³/mol. The van der Waals surface area contributed by atoms with Crippen molar-refractivity contribution < 1.29 is 5.11 Å². The van der Waals surface area contributed by atoms with Gasteiger partial charge in [-0.3, -0.25) is 0 Å². The highest BCUT2D eigenvalue weighted by Crippen LogP contribution is 2.16. The van der Waals surface area contributed by atoms with Crippen LogP contribution in [0.25, 0.3) is 5.65 Å². The van der Waals surface area contributed by atoms with E-state index in [0.29, 0.717) is 0 Å². The van der Waals surface area contributed by atoms with Gasteiger partial charge in [0, 0.05) is 11.6 Å². The Morgan fingerprint density at radius 3 is 2.87 bits per heavy atom. The summed E-state index contributed by atoms with van der Waals surface area (Å²) in [6.45, 7) is 4.12. The van der Waals surface area contributed by atoms with Crippen molar-refractivity contribution in [3.05, 3.63) is 29.7 Å². The second-order valence-corrected chi connectivity index (χ2v) is 3.69. The van der Waals surface area contributed by atoms with Crippen LogP contribution in [0.15, 0.2) is 18.2 Å². The molecular formula is C11H15N3O. The van der Waals surface area contributed by atoms with Gasteiger partial charge >= 0.3 is 0 Å². The van der Waals surface area contributed by atoms with Crippen LogP contribution in [-0.2, 0) is 0 Å². The Kier molecular flexibility index (Phi) is 2.68. The summed E-state index contributed by atoms with van der Waals surface area (Å²) < 4.78 is 1.81. The maximum Gasteiger partial charge on any atom is 0.157 e. The number of nitrogens with zero attached hydrogens (tertiary/aromatic N) is 3. The molecule has 0 aromatic carbocycles. The maximum absolute atomic E-state index is 9.18. The molecule has 4 nitrogen and oxygen atoms in total. The molecule has 0 fully saturated rings. The summed E-state index contributed by atoms with van der Waals surface area (Å²) >= 11 is 0. The largest absolute Gasteiger partial charge is 0.396 e. The third-order valence-electron chi connectivity index (χ3n) is 2.64. The molecule has 0 saturated heterocycles. The van der Waals surface area contributed by atoms with Crippen LogP contribution in [0.5, 0.6) is 0 Å². The second-order valence-electron chi connectivity index (χ2n) is 3.69. The van der Waals surface area contributed by atoms with E-state index in [1.54, 1.807) is 0 Å². The fraction of sp³-hybridized carbons (Fsp3) is 0.455. The minimum absolute atomic E-state index is 0.0456. The Hall–Kier alpha value is -1.42. The molecule has 0 aliphatic carbocycles. The first kappa shape index (κ1) is 10.1. The maximum atomic E-state index is 9.18. The summed E-state index contributed by atoms with van der Waals surface area (Å²) in [7, 11) is 0. The van der Waals surface area contributed by atoms with Crippen LogP contribution >= 0.6 is 0 Å². The van der Waals surface area contributed by atoms with Crippen LogP contribution in [0.3, 0.4) is 0 Å². The average molecular weight is 205 g/mol. The lowest BCUT2D eigenvalue weighted by Gasteiger charge is -2.04. The molecule has 0 bridgehead atoms. The van der Waals surface area contributed by atoms with E-state index in [4.69, 9.17) is 0 Å². The number of aliphatic hydroxyl groups excluding tert-OH is 1. The lowest BCUT2D eigenvalue weighted by molar-refractivity contribution is 0.257. The molecule has 1 unspecified atom stereocenters. The Bertz CT molecular complexity index is 460. The van der Waals surface area contributed by atoms with Gasteiger partial charge in [-0.15, -0.1) is 0 Å². The Labute approximate surface area is 88.6 Å². The third kappa shape index (κ3) is 1.72. The minimum Gasteiger partial charge on any atom is -0.396 e. The molecule has 2 rings (SSSR count). The molecule has 0 aliphatic rings. The van der Waals surface area contributed by atoms with Crippen molar-refractivity contribution in [2.24, 2.45) is 0 Å². The molecule has 0 saturated carbocycles. The van der Waals surface area contributed by atoms with Gasteiger partial charge in [0.2, 0.25) is 0 Å². The Morgan fingerprint density at radius 2 is 2.27 bits per heavy atom. The second kappa shape index (κ2) is 3.98. The van der Waals surface area contributed by atoms with Crippen molar-refractivity contribution in [3.8, 4) is 0 Å². The lowest BCUT2D eigenvalue weighted by atomic mass is 10.1. The molecule has 0 radical (unpaired) electrons. The van der Waals surface area contributed by atoms with Gasteiger partial charge in [0.15, 0.2) is 11.5 Å². The number of aliphatic hydroxyl groups is 1. The quantitative estimate of drug-likeness (QED) is 0.826. The van der Waals surface area contributed by atoms with Gasteiger partial charge in [0.25, 0.3) is 0 Å². The van der Waals surface area contributed by atoms with Crippen molar-refractivity contribution >= 4 is 5.65 Å². The van der Waals surface area contributed by atoms with E-state index in [-0.39, 0.29) is 12.5 Å². The van der Waals surface area contributed by atoms with E-state index in [1.165, 1.54) is 0 Å². The molecule has 80 valence electrons. The molecule has 2 aromatic rings. The number of fused-ring (bicyclic) bond motifs is 1. The van der Waals surface area contributed by atoms with Crippen LogP contribution in [0.1, 0.15) is 30.8 Å². The van der Waals surface area contributed by atoms with E-state index in [0.717, 1.165) is 23.6 Å². The summed E-state index contributed by atoms with van der Waals surface area (Å²) in [5.41, 5.74) is 1.90. The predicted octanol–water partition coefficient (Wildman–Crippen LogP) is 1.52. The Balaban J connectivity index is 2.51. The number of hydrogen-bond acceptors (Lipinski definition) is 3. The van der Waals surface area contributed by atoms with Crippen molar-refractivity contribution in [2.75, 3.05) is 6.61 Å². The van der Waals surface area contributed by atoms with Crippen LogP contribution in [-0.4, -0.2) is 26.3 Å². The number of rotatable bonds is 3. The first-order valence-corrected chi connectivity index (χ1v) is 5.19. The van der Waals surface area contributed by atoms with E-state index in [2.05, 4.69) is 10.1 Å². The SMILES string of the molecule is CCC(CO)c1nc2cccc(C)n2n1. The number of hydrogen-bond donors (Lipinski definition) is 1. The number of pyridine rings is 1. The first-order valence-electron chi connectivity index (χ1n) is 5.19. The normalized spacial score (nSPS) is 13.3. The number of aryl methyl sites for hydroxylation is 1. The van der Waals surface area contributed by atoms with Gasteiger partial charge in [0.1, 0.15) is 0 Å². The summed E-state index contributed by atoms with van der Waals surface area (Å²) in [5.74, 6) is 0.776. The zero-order valence-electron chi connectivity index (χ0n) is 9.01. The minimum atomic E-state index is 0.0456. The van der Waals surface area contributed by atoms with Gasteiger partial charge < -0.3 is 5.11 Å². The average Bonchev–Trinajstić information content (AvgIpc) is 2.65. The molecule has 4 heteroatoms. The van der Waals surface area contributed by atoms with Crippen LogP contribution < -0.4 is 0 Å². The zero-order valence-corrected chi connectivity index (χ0v) is 9.01. The highest BCUT2D eigenvalue weighted by Gasteiger charge is 2.14. The summed E-state index contributed by atoms with van der Waals surface area (Å²) in [6.07, 6.45) is 0.854. The first-order chi connectivity index (χ1) is 7.26. The smallest absolute Gasteiger partial charge is 0.157 e. The van der Waals surface area contributed by atoms with Crippen molar-refractivity contribution in [3.63, 3.8) is 0 Å². The van der Waals surface area contributed by atoms with Gasteiger partial charge in [-0.2, -0.15) is 5.10 Å². The third-order valence-corrected chi connectivity index (χ3v) is 2.64. The standard InChI is InChI=1S/C11H15N3O/c1-3-9(7-15)11-12-10-6-4-5-8(2)14(10)13-11/h4-6,9,15H,3,7H2,1-2H3.